The minimum absolute atomic E-state index is 0. The first-order valence-corrected chi connectivity index (χ1v) is 6.85. The van der Waals surface area contributed by atoms with Gasteiger partial charge in [0.1, 0.15) is 0 Å². The van der Waals surface area contributed by atoms with Gasteiger partial charge in [0.25, 0.3) is 0 Å². The molecule has 2 heteroatoms. The van der Waals surface area contributed by atoms with Gasteiger partial charge >= 0.3 is 0 Å². The van der Waals surface area contributed by atoms with Crippen molar-refractivity contribution in [3.05, 3.63) is 46.0 Å². The van der Waals surface area contributed by atoms with Gasteiger partial charge in [-0.1, -0.05) is 33.3 Å². The Hall–Kier alpha value is -0.266. The van der Waals surface area contributed by atoms with Crippen LogP contribution >= 0.6 is 0 Å². The maximum Gasteiger partial charge on any atom is 0.0375 e. The number of benzene rings is 1. The summed E-state index contributed by atoms with van der Waals surface area (Å²) in [5.74, 6) is 0. The second-order valence-corrected chi connectivity index (χ2v) is 5.25. The van der Waals surface area contributed by atoms with Crippen LogP contribution in [0.25, 0.3) is 10.9 Å². The molecule has 0 spiro atoms. The maximum absolute atomic E-state index is 4.64. The average Bonchev–Trinajstić information content (AvgIpc) is 2.34. The van der Waals surface area contributed by atoms with E-state index in [-0.39, 0.29) is 32.7 Å². The van der Waals surface area contributed by atoms with E-state index in [1.165, 1.54) is 33.2 Å². The van der Waals surface area contributed by atoms with Crippen LogP contribution in [-0.2, 0) is 32.7 Å². The minimum atomic E-state index is 0. The molecular formula is C18H25NY-2. The molecular weight excluding hydrogens is 319 g/mol. The summed E-state index contributed by atoms with van der Waals surface area (Å²) in [5, 5.41) is 1.28. The van der Waals surface area contributed by atoms with Crippen LogP contribution < -0.4 is 0 Å². The number of rotatable bonds is 0. The van der Waals surface area contributed by atoms with Crippen molar-refractivity contribution in [2.75, 3.05) is 0 Å². The first-order valence-electron chi connectivity index (χ1n) is 6.85. The number of nitrogens with zero attached hydrogens (tertiary/aromatic N) is 1. The van der Waals surface area contributed by atoms with Gasteiger partial charge in [0.15, 0.2) is 0 Å². The molecule has 0 saturated heterocycles. The van der Waals surface area contributed by atoms with Crippen molar-refractivity contribution in [3.63, 3.8) is 0 Å². The molecule has 0 atom stereocenters. The van der Waals surface area contributed by atoms with Crippen molar-refractivity contribution < 1.29 is 32.7 Å². The van der Waals surface area contributed by atoms with Gasteiger partial charge in [-0.2, -0.15) is 31.0 Å². The molecule has 0 aliphatic rings. The quantitative estimate of drug-likeness (QED) is 0.605. The molecule has 1 radical (unpaired) electrons. The summed E-state index contributed by atoms with van der Waals surface area (Å²) in [6, 6.07) is 3.40. The fraction of sp³-hybridized carbons (Fsp3) is 0.444. The Kier molecular flexibility index (Phi) is 8.13. The zero-order valence-corrected chi connectivity index (χ0v) is 16.9. The van der Waals surface area contributed by atoms with Gasteiger partial charge in [0.05, 0.1) is 0 Å². The molecule has 2 aromatic rings. The Morgan fingerprint density at radius 2 is 1.25 bits per heavy atom. The number of aromatic nitrogens is 1. The van der Waals surface area contributed by atoms with Gasteiger partial charge in [-0.3, -0.25) is 4.98 Å². The van der Waals surface area contributed by atoms with Crippen LogP contribution in [0.3, 0.4) is 0 Å². The van der Waals surface area contributed by atoms with Gasteiger partial charge in [0, 0.05) is 38.4 Å². The molecule has 0 aliphatic heterocycles. The molecule has 0 amide bonds. The first kappa shape index (κ1) is 19.7. The van der Waals surface area contributed by atoms with Crippen molar-refractivity contribution in [2.24, 2.45) is 0 Å². The third kappa shape index (κ3) is 3.89. The molecule has 0 unspecified atom stereocenters. The second kappa shape index (κ2) is 8.24. The Morgan fingerprint density at radius 3 is 1.75 bits per heavy atom. The fourth-order valence-electron chi connectivity index (χ4n) is 2.23. The van der Waals surface area contributed by atoms with E-state index in [0.717, 1.165) is 11.2 Å². The van der Waals surface area contributed by atoms with E-state index in [4.69, 9.17) is 0 Å². The smallest absolute Gasteiger partial charge is 0.0375 e. The van der Waals surface area contributed by atoms with Gasteiger partial charge in [-0.25, -0.2) is 0 Å². The number of aryl methyl sites for hydroxylation is 4. The summed E-state index contributed by atoms with van der Waals surface area (Å²) < 4.78 is 0. The van der Waals surface area contributed by atoms with Gasteiger partial charge in [0.2, 0.25) is 0 Å². The van der Waals surface area contributed by atoms with Crippen molar-refractivity contribution in [1.82, 2.24) is 4.98 Å². The molecule has 1 aromatic heterocycles. The standard InChI is InChI=1S/C15H18N.C3H7.Y/c1-8-7-14-15(11(4)9(8)2)12(5)10(3)13(6)16-14;1-3-2;/h1-6H3;3H,1-2H3;/q2*-1;. The third-order valence-corrected chi connectivity index (χ3v) is 3.80. The van der Waals surface area contributed by atoms with E-state index in [0.29, 0.717) is 0 Å². The van der Waals surface area contributed by atoms with E-state index in [2.05, 4.69) is 52.6 Å². The van der Waals surface area contributed by atoms with Crippen molar-refractivity contribution in [3.8, 4) is 0 Å². The van der Waals surface area contributed by atoms with Crippen LogP contribution in [0.2, 0.25) is 0 Å². The van der Waals surface area contributed by atoms with Crippen LogP contribution in [0.4, 0.5) is 0 Å². The number of hydrogen-bond acceptors (Lipinski definition) is 1. The average molecular weight is 344 g/mol. The van der Waals surface area contributed by atoms with E-state index < -0.39 is 0 Å². The number of pyridine rings is 1. The fourth-order valence-corrected chi connectivity index (χ4v) is 2.23. The number of fused-ring (bicyclic) bond motifs is 1. The van der Waals surface area contributed by atoms with Crippen LogP contribution in [0, 0.1) is 54.0 Å². The van der Waals surface area contributed by atoms with Gasteiger partial charge in [-0.15, -0.1) is 10.9 Å². The molecule has 1 aromatic carbocycles. The van der Waals surface area contributed by atoms with Crippen molar-refractivity contribution >= 4 is 10.9 Å². The monoisotopic (exact) mass is 344 g/mol. The number of hydrogen-bond donors (Lipinski definition) is 0. The predicted molar refractivity (Wildman–Crippen MR) is 84.6 cm³/mol. The summed E-state index contributed by atoms with van der Waals surface area (Å²) in [4.78, 5) is 4.64. The SMILES string of the molecule is C[CH-]C.Cc1[c-]c2nc(C)c(C)c(C)c2c(C)c1C.[Y]. The van der Waals surface area contributed by atoms with E-state index >= 15 is 0 Å². The molecule has 0 fully saturated rings. The molecule has 20 heavy (non-hydrogen) atoms. The van der Waals surface area contributed by atoms with Crippen LogP contribution in [-0.4, -0.2) is 4.98 Å². The third-order valence-electron chi connectivity index (χ3n) is 3.80. The largest absolute Gasteiger partial charge is 0.335 e. The normalized spacial score (nSPS) is 9.80. The Balaban J connectivity index is 0.000000830. The second-order valence-electron chi connectivity index (χ2n) is 5.25. The summed E-state index contributed by atoms with van der Waals surface area (Å²) in [7, 11) is 0. The van der Waals surface area contributed by atoms with Crippen LogP contribution in [0.1, 0.15) is 47.4 Å². The minimum Gasteiger partial charge on any atom is -0.335 e. The summed E-state index contributed by atoms with van der Waals surface area (Å²) in [5.41, 5.74) is 8.66. The zero-order chi connectivity index (χ0) is 14.7. The molecule has 0 aliphatic carbocycles. The topological polar surface area (TPSA) is 12.9 Å². The van der Waals surface area contributed by atoms with Crippen LogP contribution in [0.5, 0.6) is 0 Å². The molecule has 1 nitrogen and oxygen atoms in total. The molecule has 2 rings (SSSR count). The Bertz CT molecular complexity index is 552. The summed E-state index contributed by atoms with van der Waals surface area (Å²) >= 11 is 0. The Morgan fingerprint density at radius 1 is 0.800 bits per heavy atom. The molecule has 0 bridgehead atoms. The molecule has 107 valence electrons. The van der Waals surface area contributed by atoms with E-state index in [9.17, 15) is 0 Å². The maximum atomic E-state index is 4.64. The molecule has 1 heterocycles. The van der Waals surface area contributed by atoms with Crippen molar-refractivity contribution in [1.29, 1.82) is 0 Å². The van der Waals surface area contributed by atoms with Gasteiger partial charge < -0.3 is 6.42 Å². The first-order chi connectivity index (χ1) is 8.84. The van der Waals surface area contributed by atoms with Crippen molar-refractivity contribution in [2.45, 2.75) is 55.4 Å². The predicted octanol–water partition coefficient (Wildman–Crippen LogP) is 5.11. The molecule has 0 N–H and O–H groups in total. The van der Waals surface area contributed by atoms with E-state index in [1.54, 1.807) is 0 Å². The summed E-state index contributed by atoms with van der Waals surface area (Å²) in [6.45, 7) is 16.8. The zero-order valence-electron chi connectivity index (χ0n) is 14.1. The molecule has 0 saturated carbocycles. The summed E-state index contributed by atoms with van der Waals surface area (Å²) in [6.07, 6.45) is 2.00. The van der Waals surface area contributed by atoms with E-state index in [1.807, 2.05) is 20.3 Å². The Labute approximate surface area is 149 Å². The van der Waals surface area contributed by atoms with Crippen LogP contribution in [0.15, 0.2) is 0 Å². The van der Waals surface area contributed by atoms with Gasteiger partial charge in [-0.05, 0) is 24.9 Å².